The number of aromatic nitrogens is 1. The molecule has 2 aliphatic heterocycles. The molecule has 4 unspecified atom stereocenters. The Morgan fingerprint density at radius 3 is 2.31 bits per heavy atom. The molecular formula is C19H19N5O2. The molecule has 2 fully saturated rings. The van der Waals surface area contributed by atoms with Gasteiger partial charge in [0.2, 0.25) is 17.1 Å². The molecule has 0 aromatic carbocycles. The number of pyridine rings is 1. The van der Waals surface area contributed by atoms with Crippen LogP contribution in [0.15, 0.2) is 24.5 Å². The summed E-state index contributed by atoms with van der Waals surface area (Å²) >= 11 is 0. The van der Waals surface area contributed by atoms with E-state index in [1.165, 1.54) is 0 Å². The van der Waals surface area contributed by atoms with Gasteiger partial charge in [-0.25, -0.2) is 0 Å². The lowest BCUT2D eigenvalue weighted by Crippen LogP contribution is -2.59. The summed E-state index contributed by atoms with van der Waals surface area (Å²) in [7, 11) is 0. The first-order valence-electron chi connectivity index (χ1n) is 8.61. The first-order chi connectivity index (χ1) is 12.5. The van der Waals surface area contributed by atoms with Crippen molar-refractivity contribution in [2.75, 3.05) is 0 Å². The zero-order chi connectivity index (χ0) is 19.0. The van der Waals surface area contributed by atoms with E-state index in [2.05, 4.69) is 11.1 Å². The van der Waals surface area contributed by atoms with Gasteiger partial charge in [-0.2, -0.15) is 15.8 Å². The van der Waals surface area contributed by atoms with Crippen molar-refractivity contribution in [3.8, 4) is 18.2 Å². The lowest BCUT2D eigenvalue weighted by atomic mass is 9.52. The molecule has 0 aliphatic carbocycles. The molecule has 1 aromatic rings. The molecule has 0 spiro atoms. The SMILES string of the molecule is CCCC12OC(=N)C(C#N)(C1CC)C(C#N)(C#N)C(c1ccncc1)O2. The van der Waals surface area contributed by atoms with Gasteiger partial charge in [-0.05, 0) is 30.5 Å². The highest BCUT2D eigenvalue weighted by Gasteiger charge is 2.79. The maximum Gasteiger partial charge on any atom is 0.217 e. The van der Waals surface area contributed by atoms with Crippen LogP contribution in [0.25, 0.3) is 0 Å². The van der Waals surface area contributed by atoms with Crippen molar-refractivity contribution in [1.82, 2.24) is 4.98 Å². The number of nitriles is 3. The second kappa shape index (κ2) is 6.09. The van der Waals surface area contributed by atoms with E-state index in [4.69, 9.17) is 14.9 Å². The van der Waals surface area contributed by atoms with Crippen molar-refractivity contribution in [3.05, 3.63) is 30.1 Å². The van der Waals surface area contributed by atoms with Gasteiger partial charge in [0, 0.05) is 18.8 Å². The van der Waals surface area contributed by atoms with Crippen molar-refractivity contribution in [2.24, 2.45) is 16.7 Å². The van der Waals surface area contributed by atoms with E-state index < -0.39 is 28.6 Å². The largest absolute Gasteiger partial charge is 0.447 e. The molecule has 2 saturated heterocycles. The second-order valence-electron chi connectivity index (χ2n) is 6.68. The fourth-order valence-electron chi connectivity index (χ4n) is 4.51. The third-order valence-corrected chi connectivity index (χ3v) is 5.56. The Kier molecular flexibility index (Phi) is 4.18. The molecule has 132 valence electrons. The first kappa shape index (κ1) is 17.9. The highest BCUT2D eigenvalue weighted by Crippen LogP contribution is 2.68. The number of hydrogen-bond acceptors (Lipinski definition) is 7. The van der Waals surface area contributed by atoms with Gasteiger partial charge in [0.1, 0.15) is 6.10 Å². The first-order valence-corrected chi connectivity index (χ1v) is 8.61. The molecule has 2 bridgehead atoms. The zero-order valence-corrected chi connectivity index (χ0v) is 14.7. The molecule has 4 atom stereocenters. The van der Waals surface area contributed by atoms with Gasteiger partial charge in [0.25, 0.3) is 0 Å². The normalized spacial score (nSPS) is 34.2. The number of hydrogen-bond donors (Lipinski definition) is 1. The molecule has 0 radical (unpaired) electrons. The van der Waals surface area contributed by atoms with E-state index in [9.17, 15) is 15.8 Å². The summed E-state index contributed by atoms with van der Waals surface area (Å²) in [6.45, 7) is 3.82. The Hall–Kier alpha value is -2.95. The van der Waals surface area contributed by atoms with Crippen LogP contribution in [0.1, 0.15) is 44.8 Å². The molecular weight excluding hydrogens is 330 g/mol. The number of nitrogens with one attached hydrogen (secondary N) is 1. The maximum absolute atomic E-state index is 10.1. The molecule has 7 heteroatoms. The topological polar surface area (TPSA) is 127 Å². The van der Waals surface area contributed by atoms with E-state index in [-0.39, 0.29) is 5.90 Å². The Balaban J connectivity index is 2.34. The van der Waals surface area contributed by atoms with Gasteiger partial charge in [-0.15, -0.1) is 0 Å². The van der Waals surface area contributed by atoms with Crippen molar-refractivity contribution < 1.29 is 9.47 Å². The van der Waals surface area contributed by atoms with Crippen LogP contribution < -0.4 is 0 Å². The van der Waals surface area contributed by atoms with Crippen LogP contribution in [0.5, 0.6) is 0 Å². The van der Waals surface area contributed by atoms with Gasteiger partial charge >= 0.3 is 0 Å². The highest BCUT2D eigenvalue weighted by atomic mass is 16.7. The van der Waals surface area contributed by atoms with Crippen molar-refractivity contribution in [1.29, 1.82) is 21.2 Å². The summed E-state index contributed by atoms with van der Waals surface area (Å²) in [5.74, 6) is -2.12. The van der Waals surface area contributed by atoms with Crippen molar-refractivity contribution in [3.63, 3.8) is 0 Å². The number of rotatable bonds is 4. The van der Waals surface area contributed by atoms with Gasteiger partial charge in [-0.3, -0.25) is 10.4 Å². The lowest BCUT2D eigenvalue weighted by Gasteiger charge is -2.49. The lowest BCUT2D eigenvalue weighted by molar-refractivity contribution is -0.286. The van der Waals surface area contributed by atoms with Gasteiger partial charge < -0.3 is 9.47 Å². The van der Waals surface area contributed by atoms with Crippen LogP contribution in [-0.2, 0) is 9.47 Å². The van der Waals surface area contributed by atoms with Crippen molar-refractivity contribution in [2.45, 2.75) is 45.0 Å². The molecule has 0 amide bonds. The minimum Gasteiger partial charge on any atom is -0.447 e. The summed E-state index contributed by atoms with van der Waals surface area (Å²) in [5.41, 5.74) is -3.02. The average Bonchev–Trinajstić information content (AvgIpc) is 2.86. The molecule has 3 heterocycles. The summed E-state index contributed by atoms with van der Waals surface area (Å²) < 4.78 is 12.1. The molecule has 7 nitrogen and oxygen atoms in total. The molecule has 26 heavy (non-hydrogen) atoms. The van der Waals surface area contributed by atoms with Gasteiger partial charge in [-0.1, -0.05) is 13.8 Å². The predicted molar refractivity (Wildman–Crippen MR) is 90.0 cm³/mol. The third kappa shape index (κ3) is 1.88. The monoisotopic (exact) mass is 349 g/mol. The van der Waals surface area contributed by atoms with E-state index in [1.807, 2.05) is 26.0 Å². The Morgan fingerprint density at radius 1 is 1.15 bits per heavy atom. The third-order valence-electron chi connectivity index (χ3n) is 5.56. The molecule has 3 rings (SSSR count). The summed E-state index contributed by atoms with van der Waals surface area (Å²) in [4.78, 5) is 3.97. The van der Waals surface area contributed by atoms with Crippen LogP contribution >= 0.6 is 0 Å². The average molecular weight is 349 g/mol. The van der Waals surface area contributed by atoms with Crippen LogP contribution in [0.2, 0.25) is 0 Å². The van der Waals surface area contributed by atoms with Crippen LogP contribution in [0.4, 0.5) is 0 Å². The summed E-state index contributed by atoms with van der Waals surface area (Å²) in [6.07, 6.45) is 3.70. The number of fused-ring (bicyclic) bond motifs is 2. The predicted octanol–water partition coefficient (Wildman–Crippen LogP) is 3.23. The van der Waals surface area contributed by atoms with Crippen LogP contribution in [0, 0.1) is 56.2 Å². The fraction of sp³-hybridized carbons (Fsp3) is 0.526. The Morgan fingerprint density at radius 2 is 1.81 bits per heavy atom. The molecule has 1 aromatic heterocycles. The van der Waals surface area contributed by atoms with Gasteiger partial charge in [0.05, 0.1) is 24.1 Å². The Bertz CT molecular complexity index is 835. The Labute approximate surface area is 152 Å². The van der Waals surface area contributed by atoms with Crippen LogP contribution in [-0.4, -0.2) is 16.7 Å². The standard InChI is InChI=1S/C19H19N5O2/c1-3-7-19-14(4-2)18(12-22,16(23)26-19)17(10-20,11-21)15(25-19)13-5-8-24-9-6-13/h5-6,8-9,14-15,23H,3-4,7H2,1-2H3. The summed E-state index contributed by atoms with van der Waals surface area (Å²) in [5, 5.41) is 38.7. The number of ether oxygens (including phenoxy) is 2. The fourth-order valence-corrected chi connectivity index (χ4v) is 4.51. The number of nitrogens with zero attached hydrogens (tertiary/aromatic N) is 4. The van der Waals surface area contributed by atoms with Crippen LogP contribution in [0.3, 0.4) is 0 Å². The highest BCUT2D eigenvalue weighted by molar-refractivity contribution is 5.89. The minimum absolute atomic E-state index is 0.347. The molecule has 2 aliphatic rings. The van der Waals surface area contributed by atoms with Crippen molar-refractivity contribution >= 4 is 5.90 Å². The summed E-state index contributed by atoms with van der Waals surface area (Å²) in [6, 6.07) is 9.55. The minimum atomic E-state index is -1.89. The maximum atomic E-state index is 10.1. The van der Waals surface area contributed by atoms with E-state index in [1.54, 1.807) is 24.5 Å². The quantitative estimate of drug-likeness (QED) is 0.889. The molecule has 1 N–H and O–H groups in total. The van der Waals surface area contributed by atoms with E-state index in [0.29, 0.717) is 24.8 Å². The smallest absolute Gasteiger partial charge is 0.217 e. The second-order valence-corrected chi connectivity index (χ2v) is 6.68. The van der Waals surface area contributed by atoms with E-state index >= 15 is 0 Å². The zero-order valence-electron chi connectivity index (χ0n) is 14.7. The van der Waals surface area contributed by atoms with E-state index in [0.717, 1.165) is 0 Å². The van der Waals surface area contributed by atoms with Gasteiger partial charge in [0.15, 0.2) is 5.41 Å². The molecule has 0 saturated carbocycles.